The van der Waals surface area contributed by atoms with Crippen molar-refractivity contribution in [2.75, 3.05) is 5.75 Å². The van der Waals surface area contributed by atoms with Crippen LogP contribution in [0.3, 0.4) is 0 Å². The predicted octanol–water partition coefficient (Wildman–Crippen LogP) is 1.51. The van der Waals surface area contributed by atoms with Crippen LogP contribution in [0.15, 0.2) is 24.3 Å². The van der Waals surface area contributed by atoms with Crippen molar-refractivity contribution in [1.29, 1.82) is 0 Å². The van der Waals surface area contributed by atoms with Crippen LogP contribution in [0.2, 0.25) is 0 Å². The molecule has 0 saturated carbocycles. The molecule has 1 unspecified atom stereocenters. The molecule has 0 amide bonds. The SMILES string of the molecule is Cc1ccc(C[Te]NC(CS)C(=O)O)cc1.Cl. The maximum absolute atomic E-state index is 10.7. The van der Waals surface area contributed by atoms with Gasteiger partial charge in [-0.05, 0) is 0 Å². The van der Waals surface area contributed by atoms with E-state index in [1.807, 2.05) is 0 Å². The molecular weight excluding hydrogens is 373 g/mol. The molecular formula is C11H16ClNO2STe. The summed E-state index contributed by atoms with van der Waals surface area (Å²) >= 11 is 3.50. The van der Waals surface area contributed by atoms with Crippen LogP contribution in [0.25, 0.3) is 0 Å². The van der Waals surface area contributed by atoms with Crippen molar-refractivity contribution >= 4 is 52.2 Å². The van der Waals surface area contributed by atoms with E-state index >= 15 is 0 Å². The van der Waals surface area contributed by atoms with E-state index in [1.165, 1.54) is 11.1 Å². The summed E-state index contributed by atoms with van der Waals surface area (Å²) in [7, 11) is 0. The fourth-order valence-corrected chi connectivity index (χ4v) is 4.07. The van der Waals surface area contributed by atoms with Crippen LogP contribution in [-0.2, 0) is 9.26 Å². The molecule has 3 nitrogen and oxygen atoms in total. The molecule has 1 aromatic carbocycles. The van der Waals surface area contributed by atoms with Gasteiger partial charge in [0.15, 0.2) is 0 Å². The first kappa shape index (κ1) is 17.1. The second kappa shape index (κ2) is 9.07. The van der Waals surface area contributed by atoms with E-state index in [4.69, 9.17) is 5.11 Å². The molecule has 0 heterocycles. The van der Waals surface area contributed by atoms with Crippen LogP contribution >= 0.6 is 25.0 Å². The summed E-state index contributed by atoms with van der Waals surface area (Å²) in [5, 5.41) is 8.82. The summed E-state index contributed by atoms with van der Waals surface area (Å²) in [4.78, 5) is 10.7. The van der Waals surface area contributed by atoms with Gasteiger partial charge in [-0.1, -0.05) is 0 Å². The Labute approximate surface area is 124 Å². The van der Waals surface area contributed by atoms with Crippen molar-refractivity contribution in [1.82, 2.24) is 3.57 Å². The molecule has 1 rings (SSSR count). The van der Waals surface area contributed by atoms with Crippen molar-refractivity contribution in [3.8, 4) is 0 Å². The Morgan fingerprint density at radius 1 is 1.47 bits per heavy atom. The van der Waals surface area contributed by atoms with Gasteiger partial charge in [0.25, 0.3) is 0 Å². The third-order valence-electron chi connectivity index (χ3n) is 2.07. The third kappa shape index (κ3) is 6.54. The minimum absolute atomic E-state index is 0. The minimum atomic E-state index is -0.816. The van der Waals surface area contributed by atoms with Gasteiger partial charge >= 0.3 is 112 Å². The molecule has 0 aliphatic rings. The Bertz CT molecular complexity index is 348. The van der Waals surface area contributed by atoms with Crippen LogP contribution in [-0.4, -0.2) is 44.1 Å². The van der Waals surface area contributed by atoms with E-state index in [0.29, 0.717) is 5.75 Å². The van der Waals surface area contributed by atoms with E-state index < -0.39 is 33.2 Å². The van der Waals surface area contributed by atoms with Crippen LogP contribution in [0.4, 0.5) is 0 Å². The molecule has 0 bridgehead atoms. The topological polar surface area (TPSA) is 49.3 Å². The molecule has 1 atom stereocenters. The molecule has 0 aliphatic heterocycles. The number of aliphatic carboxylic acids is 1. The maximum atomic E-state index is 10.7. The number of carbonyl (C=O) groups is 1. The van der Waals surface area contributed by atoms with E-state index in [-0.39, 0.29) is 12.4 Å². The Morgan fingerprint density at radius 3 is 2.53 bits per heavy atom. The quantitative estimate of drug-likeness (QED) is 0.511. The summed E-state index contributed by atoms with van der Waals surface area (Å²) in [5.74, 6) is -0.474. The van der Waals surface area contributed by atoms with Gasteiger partial charge in [0.2, 0.25) is 0 Å². The Morgan fingerprint density at radius 2 is 2.06 bits per heavy atom. The van der Waals surface area contributed by atoms with Crippen molar-refractivity contribution in [3.63, 3.8) is 0 Å². The third-order valence-corrected chi connectivity index (χ3v) is 5.08. The van der Waals surface area contributed by atoms with Gasteiger partial charge in [-0.2, -0.15) is 0 Å². The zero-order valence-electron chi connectivity index (χ0n) is 9.42. The van der Waals surface area contributed by atoms with Crippen LogP contribution in [0.5, 0.6) is 0 Å². The second-order valence-corrected chi connectivity index (χ2v) is 6.15. The van der Waals surface area contributed by atoms with Crippen molar-refractivity contribution in [2.45, 2.75) is 17.4 Å². The molecule has 96 valence electrons. The van der Waals surface area contributed by atoms with Gasteiger partial charge in [0.1, 0.15) is 0 Å². The van der Waals surface area contributed by atoms with E-state index in [9.17, 15) is 4.79 Å². The first-order chi connectivity index (χ1) is 7.63. The smallest absolute Gasteiger partial charge is 0.147 e. The standard InChI is InChI=1S/C11H15NO2STe.ClH/c1-8-2-4-9(5-3-8)7-16-12-10(6-15)11(13)14;/h2-5,10,12,15H,6-7H2,1H3,(H,13,14);1H. The predicted molar refractivity (Wildman–Crippen MR) is 76.3 cm³/mol. The Hall–Kier alpha value is 0.0796. The minimum Gasteiger partial charge on any atom is -0.147 e. The van der Waals surface area contributed by atoms with E-state index in [2.05, 4.69) is 47.4 Å². The van der Waals surface area contributed by atoms with Gasteiger partial charge in [-0.15, -0.1) is 12.4 Å². The molecule has 0 radical (unpaired) electrons. The molecule has 2 N–H and O–H groups in total. The number of hydrogen-bond donors (Lipinski definition) is 3. The number of carboxylic acids is 1. The fraction of sp³-hybridized carbons (Fsp3) is 0.364. The Kier molecular flexibility index (Phi) is 9.11. The first-order valence-electron chi connectivity index (χ1n) is 4.90. The summed E-state index contributed by atoms with van der Waals surface area (Å²) in [6.45, 7) is 2.06. The molecule has 17 heavy (non-hydrogen) atoms. The van der Waals surface area contributed by atoms with Crippen LogP contribution in [0, 0.1) is 6.92 Å². The molecule has 0 aromatic heterocycles. The Balaban J connectivity index is 0.00000256. The summed E-state index contributed by atoms with van der Waals surface area (Å²) < 4.78 is 4.05. The summed E-state index contributed by atoms with van der Waals surface area (Å²) in [5.41, 5.74) is 2.51. The van der Waals surface area contributed by atoms with Crippen LogP contribution in [0.1, 0.15) is 11.1 Å². The zero-order valence-corrected chi connectivity index (χ0v) is 13.5. The number of halogens is 1. The number of rotatable bonds is 6. The number of aryl methyl sites for hydroxylation is 1. The van der Waals surface area contributed by atoms with Gasteiger partial charge in [0.05, 0.1) is 0 Å². The normalized spacial score (nSPS) is 11.6. The molecule has 6 heteroatoms. The van der Waals surface area contributed by atoms with Crippen molar-refractivity contribution in [3.05, 3.63) is 35.4 Å². The van der Waals surface area contributed by atoms with Gasteiger partial charge in [-0.25, -0.2) is 0 Å². The zero-order chi connectivity index (χ0) is 12.0. The van der Waals surface area contributed by atoms with Gasteiger partial charge < -0.3 is 0 Å². The second-order valence-electron chi connectivity index (χ2n) is 3.47. The average Bonchev–Trinajstić information content (AvgIpc) is 2.26. The molecule has 0 aliphatic carbocycles. The van der Waals surface area contributed by atoms with Crippen molar-refractivity contribution in [2.24, 2.45) is 0 Å². The first-order valence-corrected chi connectivity index (χ1v) is 8.34. The number of carboxylic acid groups (broad SMARTS) is 1. The molecule has 0 fully saturated rings. The number of nitrogens with one attached hydrogen (secondary N) is 1. The van der Waals surface area contributed by atoms with Crippen LogP contribution < -0.4 is 3.57 Å². The number of hydrogen-bond acceptors (Lipinski definition) is 3. The number of benzene rings is 1. The van der Waals surface area contributed by atoms with Gasteiger partial charge in [0, 0.05) is 0 Å². The summed E-state index contributed by atoms with van der Waals surface area (Å²) in [6, 6.07) is 7.85. The summed E-state index contributed by atoms with van der Waals surface area (Å²) in [6.07, 6.45) is 0. The van der Waals surface area contributed by atoms with E-state index in [0.717, 1.165) is 4.47 Å². The maximum Gasteiger partial charge on any atom is -0.147 e. The molecule has 0 saturated heterocycles. The largest absolute Gasteiger partial charge is 0.147 e. The molecule has 0 spiro atoms. The van der Waals surface area contributed by atoms with Gasteiger partial charge in [-0.3, -0.25) is 0 Å². The average molecular weight is 389 g/mol. The van der Waals surface area contributed by atoms with E-state index in [1.54, 1.807) is 0 Å². The molecule has 1 aromatic rings. The monoisotopic (exact) mass is 391 g/mol. The number of thiol groups is 1. The fourth-order valence-electron chi connectivity index (χ4n) is 1.08. The van der Waals surface area contributed by atoms with Crippen molar-refractivity contribution < 1.29 is 9.90 Å².